The Kier molecular flexibility index (Phi) is 4.65. The van der Waals surface area contributed by atoms with Crippen molar-refractivity contribution in [3.63, 3.8) is 0 Å². The third-order valence-electron chi connectivity index (χ3n) is 4.33. The molecule has 0 amide bonds. The summed E-state index contributed by atoms with van der Waals surface area (Å²) in [4.78, 5) is 5.90. The van der Waals surface area contributed by atoms with Crippen LogP contribution in [0.25, 0.3) is 5.69 Å². The van der Waals surface area contributed by atoms with Crippen LogP contribution in [0.1, 0.15) is 23.7 Å². The molecule has 136 valence electrons. The highest BCUT2D eigenvalue weighted by molar-refractivity contribution is 5.58. The number of nitrogens with one attached hydrogen (secondary N) is 1. The molecule has 1 N–H and O–H groups in total. The van der Waals surface area contributed by atoms with Crippen LogP contribution in [0.4, 0.5) is 11.6 Å². The van der Waals surface area contributed by atoms with Crippen molar-refractivity contribution in [3.8, 4) is 5.69 Å². The van der Waals surface area contributed by atoms with Crippen LogP contribution in [0.15, 0.2) is 61.1 Å². The Morgan fingerprint density at radius 3 is 2.67 bits per heavy atom. The lowest BCUT2D eigenvalue weighted by molar-refractivity contribution is 0.573. The van der Waals surface area contributed by atoms with Gasteiger partial charge in [0.15, 0.2) is 0 Å². The summed E-state index contributed by atoms with van der Waals surface area (Å²) in [5, 5.41) is 15.9. The lowest BCUT2D eigenvalue weighted by Gasteiger charge is -2.11. The Labute approximate surface area is 157 Å². The fraction of sp³-hybridized carbons (Fsp3) is 0.200. The van der Waals surface area contributed by atoms with Gasteiger partial charge in [0, 0.05) is 17.6 Å². The van der Waals surface area contributed by atoms with Gasteiger partial charge in [0.1, 0.15) is 0 Å². The van der Waals surface area contributed by atoms with Crippen molar-refractivity contribution in [2.24, 2.45) is 0 Å². The zero-order valence-electron chi connectivity index (χ0n) is 15.4. The molecule has 2 heterocycles. The highest BCUT2D eigenvalue weighted by atomic mass is 15.6. The minimum absolute atomic E-state index is 0.485. The second kappa shape index (κ2) is 7.41. The van der Waals surface area contributed by atoms with E-state index in [-0.39, 0.29) is 0 Å². The number of imidazole rings is 1. The molecule has 0 aliphatic carbocycles. The van der Waals surface area contributed by atoms with Crippen molar-refractivity contribution in [2.75, 3.05) is 5.32 Å². The molecule has 0 aliphatic heterocycles. The van der Waals surface area contributed by atoms with Crippen molar-refractivity contribution in [1.82, 2.24) is 29.8 Å². The van der Waals surface area contributed by atoms with Crippen LogP contribution in [-0.2, 0) is 13.0 Å². The SMILES string of the molecule is CCc1cc(Nc2nnn(Cc3ccccc3)n2)ccc1-n1cnc(C)c1. The average Bonchev–Trinajstić information content (AvgIpc) is 3.31. The van der Waals surface area contributed by atoms with Gasteiger partial charge >= 0.3 is 0 Å². The number of hydrogen-bond acceptors (Lipinski definition) is 5. The monoisotopic (exact) mass is 359 g/mol. The molecular formula is C20H21N7. The highest BCUT2D eigenvalue weighted by Crippen LogP contribution is 2.22. The molecule has 0 radical (unpaired) electrons. The summed E-state index contributed by atoms with van der Waals surface area (Å²) >= 11 is 0. The van der Waals surface area contributed by atoms with Crippen molar-refractivity contribution in [1.29, 1.82) is 0 Å². The van der Waals surface area contributed by atoms with Crippen LogP contribution >= 0.6 is 0 Å². The van der Waals surface area contributed by atoms with Gasteiger partial charge in [-0.1, -0.05) is 42.4 Å². The predicted molar refractivity (Wildman–Crippen MR) is 104 cm³/mol. The molecule has 0 spiro atoms. The van der Waals surface area contributed by atoms with Crippen LogP contribution < -0.4 is 5.32 Å². The van der Waals surface area contributed by atoms with Crippen LogP contribution in [-0.4, -0.2) is 29.8 Å². The molecule has 0 bridgehead atoms. The second-order valence-electron chi connectivity index (χ2n) is 6.37. The first-order valence-corrected chi connectivity index (χ1v) is 8.94. The van der Waals surface area contributed by atoms with Gasteiger partial charge in [0.25, 0.3) is 5.95 Å². The predicted octanol–water partition coefficient (Wildman–Crippen LogP) is 3.52. The van der Waals surface area contributed by atoms with Gasteiger partial charge < -0.3 is 9.88 Å². The number of hydrogen-bond donors (Lipinski definition) is 1. The van der Waals surface area contributed by atoms with Crippen LogP contribution in [0.3, 0.4) is 0 Å². The van der Waals surface area contributed by atoms with Gasteiger partial charge in [-0.15, -0.1) is 5.10 Å². The van der Waals surface area contributed by atoms with Gasteiger partial charge in [-0.25, -0.2) is 4.98 Å². The second-order valence-corrected chi connectivity index (χ2v) is 6.37. The highest BCUT2D eigenvalue weighted by Gasteiger charge is 2.08. The normalized spacial score (nSPS) is 10.9. The molecule has 2 aromatic heterocycles. The topological polar surface area (TPSA) is 73.5 Å². The Morgan fingerprint density at radius 2 is 1.93 bits per heavy atom. The minimum atomic E-state index is 0.485. The largest absolute Gasteiger partial charge is 0.322 e. The van der Waals surface area contributed by atoms with Crippen molar-refractivity contribution in [3.05, 3.63) is 77.9 Å². The molecule has 4 aromatic rings. The molecule has 0 aliphatic rings. The number of aromatic nitrogens is 6. The standard InChI is InChI=1S/C20H21N7/c1-3-17-11-18(9-10-19(17)26-12-15(2)21-14-26)22-20-23-25-27(24-20)13-16-7-5-4-6-8-16/h4-12,14H,3,13H2,1-2H3,(H,22,24). The maximum absolute atomic E-state index is 4.41. The third-order valence-corrected chi connectivity index (χ3v) is 4.33. The molecule has 0 unspecified atom stereocenters. The van der Waals surface area contributed by atoms with E-state index in [0.29, 0.717) is 12.5 Å². The zero-order chi connectivity index (χ0) is 18.6. The summed E-state index contributed by atoms with van der Waals surface area (Å²) in [6.07, 6.45) is 4.78. The van der Waals surface area contributed by atoms with Crippen molar-refractivity contribution < 1.29 is 0 Å². The molecule has 7 heteroatoms. The molecule has 0 fully saturated rings. The van der Waals surface area contributed by atoms with Crippen LogP contribution in [0.2, 0.25) is 0 Å². The van der Waals surface area contributed by atoms with Crippen LogP contribution in [0.5, 0.6) is 0 Å². The van der Waals surface area contributed by atoms with E-state index in [2.05, 4.69) is 44.8 Å². The van der Waals surface area contributed by atoms with E-state index < -0.39 is 0 Å². The maximum atomic E-state index is 4.41. The maximum Gasteiger partial charge on any atom is 0.267 e. The number of tetrazole rings is 1. The minimum Gasteiger partial charge on any atom is -0.322 e. The van der Waals surface area contributed by atoms with E-state index in [1.807, 2.05) is 60.4 Å². The molecule has 0 saturated carbocycles. The Morgan fingerprint density at radius 1 is 1.07 bits per heavy atom. The number of aryl methyl sites for hydroxylation is 2. The fourth-order valence-corrected chi connectivity index (χ4v) is 2.99. The summed E-state index contributed by atoms with van der Waals surface area (Å²) in [7, 11) is 0. The number of rotatable bonds is 6. The third kappa shape index (κ3) is 3.87. The van der Waals surface area contributed by atoms with Crippen molar-refractivity contribution in [2.45, 2.75) is 26.8 Å². The summed E-state index contributed by atoms with van der Waals surface area (Å²) in [5.74, 6) is 0.485. The Bertz CT molecular complexity index is 1030. The molecule has 0 atom stereocenters. The number of nitrogens with zero attached hydrogens (tertiary/aromatic N) is 6. The molecule has 2 aromatic carbocycles. The summed E-state index contributed by atoms with van der Waals surface area (Å²) < 4.78 is 2.05. The first-order valence-electron chi connectivity index (χ1n) is 8.94. The first-order chi connectivity index (χ1) is 13.2. The van der Waals surface area contributed by atoms with Gasteiger partial charge in [0.2, 0.25) is 0 Å². The lowest BCUT2D eigenvalue weighted by atomic mass is 10.1. The zero-order valence-corrected chi connectivity index (χ0v) is 15.4. The van der Waals surface area contributed by atoms with E-state index in [1.165, 1.54) is 5.56 Å². The van der Waals surface area contributed by atoms with Gasteiger partial charge in [-0.3, -0.25) is 0 Å². The Balaban J connectivity index is 1.51. The van der Waals surface area contributed by atoms with Gasteiger partial charge in [-0.2, -0.15) is 4.80 Å². The fourth-order valence-electron chi connectivity index (χ4n) is 2.99. The van der Waals surface area contributed by atoms with E-state index in [4.69, 9.17) is 0 Å². The van der Waals surface area contributed by atoms with Crippen LogP contribution in [0, 0.1) is 6.92 Å². The first kappa shape index (κ1) is 17.0. The van der Waals surface area contributed by atoms with Gasteiger partial charge in [0.05, 0.1) is 18.6 Å². The number of anilines is 2. The summed E-state index contributed by atoms with van der Waals surface area (Å²) in [6.45, 7) is 4.72. The molecule has 7 nitrogen and oxygen atoms in total. The Hall–Kier alpha value is -3.48. The smallest absolute Gasteiger partial charge is 0.267 e. The molecule has 0 saturated heterocycles. The summed E-state index contributed by atoms with van der Waals surface area (Å²) in [6, 6.07) is 16.3. The lowest BCUT2D eigenvalue weighted by Crippen LogP contribution is -2.04. The van der Waals surface area contributed by atoms with E-state index in [1.54, 1.807) is 4.80 Å². The van der Waals surface area contributed by atoms with E-state index in [0.717, 1.165) is 29.1 Å². The summed E-state index contributed by atoms with van der Waals surface area (Å²) in [5.41, 5.74) is 5.42. The van der Waals surface area contributed by atoms with E-state index in [9.17, 15) is 0 Å². The quantitative estimate of drug-likeness (QED) is 0.570. The number of benzene rings is 2. The molecule has 27 heavy (non-hydrogen) atoms. The van der Waals surface area contributed by atoms with E-state index >= 15 is 0 Å². The van der Waals surface area contributed by atoms with Gasteiger partial charge in [-0.05, 0) is 47.9 Å². The molecule has 4 rings (SSSR count). The van der Waals surface area contributed by atoms with Crippen molar-refractivity contribution >= 4 is 11.6 Å². The average molecular weight is 359 g/mol. The molecular weight excluding hydrogens is 338 g/mol.